The molecule has 1 aromatic heterocycles. The summed E-state index contributed by atoms with van der Waals surface area (Å²) in [7, 11) is 0. The molecule has 1 aromatic rings. The van der Waals surface area contributed by atoms with Crippen molar-refractivity contribution in [2.24, 2.45) is 5.73 Å². The maximum atomic E-state index is 10.4. The van der Waals surface area contributed by atoms with E-state index in [1.54, 1.807) is 18.2 Å². The number of carbonyl (C=O) groups excluding carboxylic acids is 1. The number of hydrogen-bond donors (Lipinski definition) is 1. The van der Waals surface area contributed by atoms with Gasteiger partial charge in [0.05, 0.1) is 0 Å². The summed E-state index contributed by atoms with van der Waals surface area (Å²) < 4.78 is 0. The highest BCUT2D eigenvalue weighted by molar-refractivity contribution is 5.90. The van der Waals surface area contributed by atoms with Crippen LogP contribution in [0, 0.1) is 0 Å². The minimum absolute atomic E-state index is 0. The van der Waals surface area contributed by atoms with E-state index in [1.165, 1.54) is 6.20 Å². The Hall–Kier alpha value is -1.38. The first-order chi connectivity index (χ1) is 4.30. The van der Waals surface area contributed by atoms with Crippen LogP contribution in [0.25, 0.3) is 0 Å². The summed E-state index contributed by atoms with van der Waals surface area (Å²) in [6, 6.07) is 5.02. The number of pyridine rings is 1. The lowest BCUT2D eigenvalue weighted by molar-refractivity contribution is 0.0995. The second-order valence-corrected chi connectivity index (χ2v) is 1.58. The molecule has 0 aliphatic carbocycles. The van der Waals surface area contributed by atoms with Gasteiger partial charge in [0, 0.05) is 7.62 Å². The molecule has 0 fully saturated rings. The third-order valence-electron chi connectivity index (χ3n) is 0.917. The first-order valence-corrected chi connectivity index (χ1v) is 2.51. The van der Waals surface area contributed by atoms with Crippen LogP contribution in [0.4, 0.5) is 0 Å². The Labute approximate surface area is 54.0 Å². The highest BCUT2D eigenvalue weighted by Gasteiger charge is 1.95. The Morgan fingerprint density at radius 3 is 2.78 bits per heavy atom. The van der Waals surface area contributed by atoms with Gasteiger partial charge in [0.1, 0.15) is 5.69 Å². The van der Waals surface area contributed by atoms with Crippen LogP contribution in [0.15, 0.2) is 24.4 Å². The summed E-state index contributed by atoms with van der Waals surface area (Å²) in [6.45, 7) is 0. The molecule has 0 aromatic carbocycles. The van der Waals surface area contributed by atoms with Crippen molar-refractivity contribution in [1.29, 1.82) is 0 Å². The number of nitrogens with zero attached hydrogens (tertiary/aromatic N) is 1. The zero-order valence-electron chi connectivity index (χ0n) is 4.74. The van der Waals surface area contributed by atoms with Crippen LogP contribution in [0.3, 0.4) is 0 Å². The average molecular weight is 124 g/mol. The topological polar surface area (TPSA) is 56.0 Å². The lowest BCUT2D eigenvalue weighted by Gasteiger charge is -1.88. The molecule has 3 nitrogen and oxygen atoms in total. The number of hydrogen-bond acceptors (Lipinski definition) is 2. The summed E-state index contributed by atoms with van der Waals surface area (Å²) >= 11 is 0. The molecule has 1 rings (SSSR count). The van der Waals surface area contributed by atoms with Crippen molar-refractivity contribution < 1.29 is 6.22 Å². The van der Waals surface area contributed by atoms with Crippen molar-refractivity contribution >= 4 is 5.91 Å². The van der Waals surface area contributed by atoms with Crippen LogP contribution < -0.4 is 5.73 Å². The van der Waals surface area contributed by atoms with Gasteiger partial charge in [-0.3, -0.25) is 9.78 Å². The Kier molecular flexibility index (Phi) is 1.44. The Morgan fingerprint density at radius 2 is 2.44 bits per heavy atom. The van der Waals surface area contributed by atoms with Gasteiger partial charge in [-0.05, 0) is 12.1 Å². The van der Waals surface area contributed by atoms with Crippen molar-refractivity contribution in [1.82, 2.24) is 4.98 Å². The Bertz CT molecular complexity index is 212. The van der Waals surface area contributed by atoms with Crippen LogP contribution in [-0.4, -0.2) is 10.9 Å². The molecule has 2 N–H and O–H groups in total. The van der Waals surface area contributed by atoms with Crippen molar-refractivity contribution in [2.75, 3.05) is 0 Å². The molecular formula is C6H8N2O. The fourth-order valence-electron chi connectivity index (χ4n) is 0.509. The fraction of sp³-hybridized carbons (Fsp3) is 0. The van der Waals surface area contributed by atoms with Gasteiger partial charge in [-0.15, -0.1) is 0 Å². The predicted octanol–water partition coefficient (Wildman–Crippen LogP) is 0.426. The maximum Gasteiger partial charge on any atom is 0.267 e. The number of nitrogens with two attached hydrogens (primary N) is 1. The van der Waals surface area contributed by atoms with Crippen molar-refractivity contribution in [3.05, 3.63) is 30.1 Å². The third-order valence-corrected chi connectivity index (χ3v) is 0.917. The highest BCUT2D eigenvalue weighted by Crippen LogP contribution is 1.88. The number of amides is 1. The summed E-state index contributed by atoms with van der Waals surface area (Å²) in [5, 5.41) is 0. The molecule has 0 unspecified atom stereocenters. The summed E-state index contributed by atoms with van der Waals surface area (Å²) in [6.07, 6.45) is 1.53. The molecule has 0 aliphatic heterocycles. The summed E-state index contributed by atoms with van der Waals surface area (Å²) in [4.78, 5) is 14.1. The molecule has 0 aliphatic rings. The van der Waals surface area contributed by atoms with Gasteiger partial charge in [0.25, 0.3) is 5.91 Å². The summed E-state index contributed by atoms with van der Waals surface area (Å²) in [5.41, 5.74) is 5.22. The first kappa shape index (κ1) is 5.75. The van der Waals surface area contributed by atoms with E-state index in [2.05, 4.69) is 4.98 Å². The van der Waals surface area contributed by atoms with E-state index in [4.69, 9.17) is 5.73 Å². The van der Waals surface area contributed by atoms with E-state index in [-0.39, 0.29) is 1.43 Å². The lowest BCUT2D eigenvalue weighted by atomic mass is 10.3. The maximum absolute atomic E-state index is 10.4. The normalized spacial score (nSPS) is 8.89. The molecule has 0 saturated carbocycles. The minimum atomic E-state index is -0.490. The largest absolute Gasteiger partial charge is 0.364 e. The monoisotopic (exact) mass is 124 g/mol. The van der Waals surface area contributed by atoms with Gasteiger partial charge in [-0.2, -0.15) is 0 Å². The third kappa shape index (κ3) is 1.25. The summed E-state index contributed by atoms with van der Waals surface area (Å²) in [5.74, 6) is -0.490. The standard InChI is InChI=1S/C6H6N2O.H2/c7-6(9)5-3-1-2-4-8-5;/h1-4H,(H2,7,9);1H. The van der Waals surface area contributed by atoms with E-state index in [0.29, 0.717) is 5.69 Å². The minimum Gasteiger partial charge on any atom is -0.364 e. The Balaban J connectivity index is 0.000000810. The van der Waals surface area contributed by atoms with E-state index in [1.807, 2.05) is 0 Å². The van der Waals surface area contributed by atoms with Gasteiger partial charge in [0.15, 0.2) is 0 Å². The lowest BCUT2D eigenvalue weighted by Crippen LogP contribution is -2.12. The quantitative estimate of drug-likeness (QED) is 0.590. The van der Waals surface area contributed by atoms with Crippen molar-refractivity contribution in [3.8, 4) is 0 Å². The molecule has 0 spiro atoms. The van der Waals surface area contributed by atoms with E-state index >= 15 is 0 Å². The van der Waals surface area contributed by atoms with Gasteiger partial charge < -0.3 is 5.73 Å². The van der Waals surface area contributed by atoms with E-state index in [9.17, 15) is 4.79 Å². The number of aromatic nitrogens is 1. The Morgan fingerprint density at radius 1 is 1.67 bits per heavy atom. The predicted molar refractivity (Wildman–Crippen MR) is 34.9 cm³/mol. The van der Waals surface area contributed by atoms with Crippen molar-refractivity contribution in [3.63, 3.8) is 0 Å². The van der Waals surface area contributed by atoms with Gasteiger partial charge in [-0.25, -0.2) is 0 Å². The molecule has 48 valence electrons. The molecule has 0 bridgehead atoms. The molecule has 1 amide bonds. The number of primary amides is 1. The number of carbonyl (C=O) groups is 1. The van der Waals surface area contributed by atoms with Crippen LogP contribution in [0.1, 0.15) is 11.9 Å². The molecule has 1 heterocycles. The zero-order chi connectivity index (χ0) is 6.69. The number of rotatable bonds is 1. The molecule has 9 heavy (non-hydrogen) atoms. The molecule has 0 atom stereocenters. The zero-order valence-corrected chi connectivity index (χ0v) is 4.74. The smallest absolute Gasteiger partial charge is 0.267 e. The molecular weight excluding hydrogens is 116 g/mol. The fourth-order valence-corrected chi connectivity index (χ4v) is 0.509. The SMILES string of the molecule is NC(=O)c1ccccn1.[HH]. The second-order valence-electron chi connectivity index (χ2n) is 1.58. The van der Waals surface area contributed by atoms with Gasteiger partial charge >= 0.3 is 0 Å². The molecule has 3 heteroatoms. The van der Waals surface area contributed by atoms with E-state index in [0.717, 1.165) is 0 Å². The van der Waals surface area contributed by atoms with Crippen molar-refractivity contribution in [2.45, 2.75) is 0 Å². The average Bonchev–Trinajstić information content (AvgIpc) is 1.90. The van der Waals surface area contributed by atoms with Gasteiger partial charge in [0.2, 0.25) is 0 Å². The van der Waals surface area contributed by atoms with Gasteiger partial charge in [-0.1, -0.05) is 6.07 Å². The highest BCUT2D eigenvalue weighted by atomic mass is 16.1. The van der Waals surface area contributed by atoms with E-state index < -0.39 is 5.91 Å². The van der Waals surface area contributed by atoms with Crippen LogP contribution in [-0.2, 0) is 0 Å². The van der Waals surface area contributed by atoms with Crippen LogP contribution in [0.2, 0.25) is 0 Å². The van der Waals surface area contributed by atoms with Crippen LogP contribution in [0.5, 0.6) is 0 Å². The molecule has 0 saturated heterocycles. The van der Waals surface area contributed by atoms with Crippen LogP contribution >= 0.6 is 0 Å². The first-order valence-electron chi connectivity index (χ1n) is 2.51. The second kappa shape index (κ2) is 2.26. The molecule has 0 radical (unpaired) electrons.